The molecular weight excluding hydrogens is 516 g/mol. The summed E-state index contributed by atoms with van der Waals surface area (Å²) < 4.78 is 3.57. The van der Waals surface area contributed by atoms with Crippen molar-refractivity contribution in [3.8, 4) is 0 Å². The Hall–Kier alpha value is -2.73. The Balaban J connectivity index is 1.62. The maximum absolute atomic E-state index is 13.7. The van der Waals surface area contributed by atoms with E-state index < -0.39 is 0 Å². The Morgan fingerprint density at radius 3 is 2.55 bits per heavy atom. The summed E-state index contributed by atoms with van der Waals surface area (Å²) in [5.74, 6) is 0. The predicted octanol–water partition coefficient (Wildman–Crippen LogP) is 5.73. The van der Waals surface area contributed by atoms with E-state index in [1.807, 2.05) is 47.0 Å². The summed E-state index contributed by atoms with van der Waals surface area (Å²) in [5.41, 5.74) is 6.75. The number of nitrogens with zero attached hydrogens (tertiary/aromatic N) is 2. The van der Waals surface area contributed by atoms with Crippen molar-refractivity contribution < 1.29 is 0 Å². The first kappa shape index (κ1) is 20.8. The molecule has 2 aliphatic rings. The largest absolute Gasteiger partial charge is 0.272 e. The lowest BCUT2D eigenvalue weighted by atomic mass is 9.83. The van der Waals surface area contributed by atoms with Gasteiger partial charge in [-0.2, -0.15) is 0 Å². The Bertz CT molecular complexity index is 1600. The third kappa shape index (κ3) is 3.65. The van der Waals surface area contributed by atoms with Crippen molar-refractivity contribution >= 4 is 50.6 Å². The van der Waals surface area contributed by atoms with E-state index in [4.69, 9.17) is 16.6 Å². The molecule has 33 heavy (non-hydrogen) atoms. The van der Waals surface area contributed by atoms with Crippen LogP contribution in [0.2, 0.25) is 5.02 Å². The van der Waals surface area contributed by atoms with Gasteiger partial charge in [-0.15, -0.1) is 0 Å². The molecule has 3 nitrogen and oxygen atoms in total. The maximum atomic E-state index is 13.7. The Morgan fingerprint density at radius 1 is 1.00 bits per heavy atom. The van der Waals surface area contributed by atoms with E-state index in [2.05, 4.69) is 52.3 Å². The van der Waals surface area contributed by atoms with E-state index in [-0.39, 0.29) is 11.6 Å². The van der Waals surface area contributed by atoms with E-state index >= 15 is 0 Å². The van der Waals surface area contributed by atoms with E-state index in [1.54, 1.807) is 0 Å². The first-order chi connectivity index (χ1) is 16.1. The number of aromatic nitrogens is 1. The summed E-state index contributed by atoms with van der Waals surface area (Å²) in [5, 5.41) is 0.676. The smallest absolute Gasteiger partial charge is 0.271 e. The van der Waals surface area contributed by atoms with Gasteiger partial charge in [0, 0.05) is 15.1 Å². The average molecular weight is 534 g/mol. The minimum Gasteiger partial charge on any atom is -0.272 e. The van der Waals surface area contributed by atoms with Gasteiger partial charge in [0.05, 0.1) is 16.3 Å². The first-order valence-corrected chi connectivity index (χ1v) is 12.7. The molecule has 0 saturated carbocycles. The molecule has 1 aliphatic carbocycles. The van der Waals surface area contributed by atoms with E-state index in [9.17, 15) is 4.79 Å². The van der Waals surface area contributed by atoms with Gasteiger partial charge in [0.1, 0.15) is 0 Å². The van der Waals surface area contributed by atoms with Crippen LogP contribution >= 0.6 is 38.9 Å². The van der Waals surface area contributed by atoms with Crippen LogP contribution in [0.15, 0.2) is 92.6 Å². The van der Waals surface area contributed by atoms with Crippen molar-refractivity contribution in [2.45, 2.75) is 18.9 Å². The SMILES string of the molecule is O=c1/c(=C\c2ccc(Cl)cc2)sc2n1[C@@H](c1ccc(Br)cc1)C1=C(N=2)c2ccccc2CC1. The average Bonchev–Trinajstić information content (AvgIpc) is 3.14. The van der Waals surface area contributed by atoms with Crippen LogP contribution in [0.25, 0.3) is 11.8 Å². The topological polar surface area (TPSA) is 34.4 Å². The van der Waals surface area contributed by atoms with Gasteiger partial charge in [0.15, 0.2) is 4.80 Å². The van der Waals surface area contributed by atoms with Crippen molar-refractivity contribution in [2.24, 2.45) is 4.99 Å². The molecule has 6 heteroatoms. The number of rotatable bonds is 2. The van der Waals surface area contributed by atoms with Crippen LogP contribution in [0.5, 0.6) is 0 Å². The van der Waals surface area contributed by atoms with Gasteiger partial charge in [-0.05, 0) is 65.4 Å². The van der Waals surface area contributed by atoms with Gasteiger partial charge in [-0.1, -0.05) is 87.4 Å². The number of halogens is 2. The summed E-state index contributed by atoms with van der Waals surface area (Å²) in [6.07, 6.45) is 3.76. The zero-order valence-corrected chi connectivity index (χ0v) is 20.6. The molecule has 0 saturated heterocycles. The van der Waals surface area contributed by atoms with Crippen molar-refractivity contribution in [3.05, 3.63) is 130 Å². The summed E-state index contributed by atoms with van der Waals surface area (Å²) in [6.45, 7) is 0. The van der Waals surface area contributed by atoms with Crippen molar-refractivity contribution in [1.82, 2.24) is 4.57 Å². The zero-order valence-electron chi connectivity index (χ0n) is 17.5. The van der Waals surface area contributed by atoms with Gasteiger partial charge in [0.25, 0.3) is 5.56 Å². The molecule has 3 aromatic carbocycles. The number of aryl methyl sites for hydroxylation is 1. The second-order valence-corrected chi connectivity index (χ2v) is 10.6. The Kier molecular flexibility index (Phi) is 5.21. The molecule has 0 spiro atoms. The van der Waals surface area contributed by atoms with Crippen LogP contribution in [0.4, 0.5) is 0 Å². The van der Waals surface area contributed by atoms with Gasteiger partial charge in [-0.25, -0.2) is 4.99 Å². The fourth-order valence-electron chi connectivity index (χ4n) is 4.68. The monoisotopic (exact) mass is 532 g/mol. The highest BCUT2D eigenvalue weighted by Crippen LogP contribution is 2.41. The molecule has 0 radical (unpaired) electrons. The van der Waals surface area contributed by atoms with Crippen molar-refractivity contribution in [3.63, 3.8) is 0 Å². The van der Waals surface area contributed by atoms with E-state index in [0.29, 0.717) is 9.55 Å². The normalized spacial score (nSPS) is 17.3. The molecule has 0 bridgehead atoms. The second kappa shape index (κ2) is 8.24. The second-order valence-electron chi connectivity index (χ2n) is 8.22. The van der Waals surface area contributed by atoms with Crippen LogP contribution in [-0.4, -0.2) is 4.57 Å². The number of hydrogen-bond donors (Lipinski definition) is 0. The lowest BCUT2D eigenvalue weighted by Crippen LogP contribution is -2.38. The number of hydrogen-bond acceptors (Lipinski definition) is 3. The summed E-state index contributed by atoms with van der Waals surface area (Å²) in [7, 11) is 0. The molecule has 162 valence electrons. The third-order valence-corrected chi connectivity index (χ3v) is 7.99. The minimum atomic E-state index is -0.162. The van der Waals surface area contributed by atoms with Crippen LogP contribution < -0.4 is 14.9 Å². The van der Waals surface area contributed by atoms with Gasteiger partial charge in [0.2, 0.25) is 0 Å². The molecule has 1 atom stereocenters. The number of benzene rings is 3. The molecule has 0 amide bonds. The van der Waals surface area contributed by atoms with Gasteiger partial charge >= 0.3 is 0 Å². The summed E-state index contributed by atoms with van der Waals surface area (Å²) in [6, 6.07) is 24.1. The molecule has 0 unspecified atom stereocenters. The Morgan fingerprint density at radius 2 is 1.76 bits per heavy atom. The van der Waals surface area contributed by atoms with Gasteiger partial charge in [-0.3, -0.25) is 9.36 Å². The molecule has 6 rings (SSSR count). The predicted molar refractivity (Wildman–Crippen MR) is 138 cm³/mol. The quantitative estimate of drug-likeness (QED) is 0.324. The minimum absolute atomic E-state index is 0.00738. The molecule has 1 aromatic heterocycles. The number of thiazole rings is 1. The number of allylic oxidation sites excluding steroid dienone is 1. The van der Waals surface area contributed by atoms with Crippen LogP contribution in [-0.2, 0) is 6.42 Å². The van der Waals surface area contributed by atoms with Gasteiger partial charge < -0.3 is 0 Å². The highest BCUT2D eigenvalue weighted by Gasteiger charge is 2.32. The molecular formula is C27H18BrClN2OS. The van der Waals surface area contributed by atoms with Crippen LogP contribution in [0.3, 0.4) is 0 Å². The molecule has 0 fully saturated rings. The highest BCUT2D eigenvalue weighted by molar-refractivity contribution is 9.10. The molecule has 0 N–H and O–H groups in total. The zero-order chi connectivity index (χ0) is 22.5. The first-order valence-electron chi connectivity index (χ1n) is 10.7. The summed E-state index contributed by atoms with van der Waals surface area (Å²) >= 11 is 11.0. The molecule has 2 heterocycles. The van der Waals surface area contributed by atoms with Crippen LogP contribution in [0.1, 0.15) is 34.7 Å². The van der Waals surface area contributed by atoms with E-state index in [1.165, 1.54) is 28.0 Å². The van der Waals surface area contributed by atoms with Crippen LogP contribution in [0, 0.1) is 0 Å². The fraction of sp³-hybridized carbons (Fsp3) is 0.111. The summed E-state index contributed by atoms with van der Waals surface area (Å²) in [4.78, 5) is 19.5. The Labute approximate surface area is 208 Å². The lowest BCUT2D eigenvalue weighted by Gasteiger charge is -2.30. The standard InChI is InChI=1S/C27H18BrClN2OS/c28-19-10-7-18(8-11-19)25-22-14-9-17-3-1-2-4-21(17)24(22)30-27-31(25)26(32)23(33-27)15-16-5-12-20(29)13-6-16/h1-8,10-13,15,25H,9,14H2/b23-15+/t25-/m0/s1. The highest BCUT2D eigenvalue weighted by atomic mass is 79.9. The maximum Gasteiger partial charge on any atom is 0.271 e. The van der Waals surface area contributed by atoms with Crippen molar-refractivity contribution in [2.75, 3.05) is 0 Å². The fourth-order valence-corrected chi connectivity index (χ4v) is 6.07. The molecule has 4 aromatic rings. The molecule has 1 aliphatic heterocycles. The van der Waals surface area contributed by atoms with E-state index in [0.717, 1.165) is 38.9 Å². The lowest BCUT2D eigenvalue weighted by molar-refractivity contribution is 0.585. The number of fused-ring (bicyclic) bond motifs is 3. The third-order valence-electron chi connectivity index (χ3n) is 6.23. The van der Waals surface area contributed by atoms with Crippen molar-refractivity contribution in [1.29, 1.82) is 0 Å².